The number of nitrogens with zero attached hydrogens (tertiary/aromatic N) is 2. The van der Waals surface area contributed by atoms with Crippen LogP contribution in [0.3, 0.4) is 0 Å². The molecule has 0 aliphatic carbocycles. The molecular weight excluding hydrogens is 378 g/mol. The molecule has 0 fully saturated rings. The molecule has 2 aromatic rings. The van der Waals surface area contributed by atoms with E-state index in [1.165, 1.54) is 0 Å². The highest BCUT2D eigenvalue weighted by Gasteiger charge is 2.22. The van der Waals surface area contributed by atoms with Crippen molar-refractivity contribution in [2.45, 2.75) is 33.4 Å². The molecule has 0 unspecified atom stereocenters. The molecule has 154 valence electrons. The predicted octanol–water partition coefficient (Wildman–Crippen LogP) is 2.33. The number of rotatable bonds is 10. The summed E-state index contributed by atoms with van der Waals surface area (Å²) in [6.07, 6.45) is 0. The van der Waals surface area contributed by atoms with Crippen molar-refractivity contribution in [1.82, 2.24) is 15.2 Å². The quantitative estimate of drug-likeness (QED) is 0.650. The lowest BCUT2D eigenvalue weighted by atomic mass is 10.1. The fourth-order valence-electron chi connectivity index (χ4n) is 2.89. The number of carbonyl (C=O) groups is 1. The molecule has 0 saturated heterocycles. The standard InChI is InChI=1S/C20H29N3O4S/c1-5-23(6-2)12-11-21-19(24)14-28(25,26)13-18-16(4)27-20(22-18)17-10-8-7-9-15(17)3/h7-10H,5-6,11-14H2,1-4H3,(H,21,24). The van der Waals surface area contributed by atoms with E-state index in [-0.39, 0.29) is 5.75 Å². The third-order valence-electron chi connectivity index (χ3n) is 4.62. The highest BCUT2D eigenvalue weighted by molar-refractivity contribution is 7.91. The first-order chi connectivity index (χ1) is 13.3. The van der Waals surface area contributed by atoms with Crippen LogP contribution < -0.4 is 5.32 Å². The van der Waals surface area contributed by atoms with E-state index in [2.05, 4.69) is 15.2 Å². The zero-order valence-corrected chi connectivity index (χ0v) is 17.8. The minimum atomic E-state index is -3.65. The second kappa shape index (κ2) is 9.84. The molecule has 0 bridgehead atoms. The van der Waals surface area contributed by atoms with Crippen molar-refractivity contribution in [1.29, 1.82) is 0 Å². The van der Waals surface area contributed by atoms with Gasteiger partial charge in [-0.15, -0.1) is 0 Å². The highest BCUT2D eigenvalue weighted by atomic mass is 32.2. The molecule has 28 heavy (non-hydrogen) atoms. The van der Waals surface area contributed by atoms with Crippen molar-refractivity contribution >= 4 is 15.7 Å². The van der Waals surface area contributed by atoms with Crippen molar-refractivity contribution in [3.63, 3.8) is 0 Å². The van der Waals surface area contributed by atoms with Crippen LogP contribution in [0, 0.1) is 13.8 Å². The van der Waals surface area contributed by atoms with Gasteiger partial charge in [-0.05, 0) is 38.6 Å². The van der Waals surface area contributed by atoms with E-state index in [1.807, 2.05) is 45.0 Å². The minimum Gasteiger partial charge on any atom is -0.441 e. The van der Waals surface area contributed by atoms with Crippen LogP contribution in [-0.2, 0) is 20.4 Å². The van der Waals surface area contributed by atoms with E-state index in [0.29, 0.717) is 30.4 Å². The third kappa shape index (κ3) is 6.17. The normalized spacial score (nSPS) is 11.8. The Morgan fingerprint density at radius 2 is 1.86 bits per heavy atom. The third-order valence-corrected chi connectivity index (χ3v) is 6.04. The Bertz CT molecular complexity index is 902. The van der Waals surface area contributed by atoms with Gasteiger partial charge >= 0.3 is 0 Å². The van der Waals surface area contributed by atoms with Crippen LogP contribution in [0.5, 0.6) is 0 Å². The summed E-state index contributed by atoms with van der Waals surface area (Å²) < 4.78 is 30.5. The SMILES string of the molecule is CCN(CC)CCNC(=O)CS(=O)(=O)Cc1nc(-c2ccccc2C)oc1C. The minimum absolute atomic E-state index is 0.322. The molecule has 1 aromatic heterocycles. The summed E-state index contributed by atoms with van der Waals surface area (Å²) in [7, 11) is -3.65. The molecule has 7 nitrogen and oxygen atoms in total. The topological polar surface area (TPSA) is 92.5 Å². The first-order valence-corrected chi connectivity index (χ1v) is 11.3. The van der Waals surface area contributed by atoms with Crippen molar-refractivity contribution in [3.8, 4) is 11.5 Å². The lowest BCUT2D eigenvalue weighted by molar-refractivity contribution is -0.118. The van der Waals surface area contributed by atoms with Crippen LogP contribution in [0.4, 0.5) is 0 Å². The molecule has 0 saturated carbocycles. The lowest BCUT2D eigenvalue weighted by Crippen LogP contribution is -2.37. The molecule has 1 amide bonds. The second-order valence-corrected chi connectivity index (χ2v) is 8.81. The Labute approximate surface area is 167 Å². The van der Waals surface area contributed by atoms with E-state index in [1.54, 1.807) is 6.92 Å². The molecule has 2 rings (SSSR count). The molecule has 1 aromatic carbocycles. The number of aryl methyl sites for hydroxylation is 2. The van der Waals surface area contributed by atoms with Gasteiger partial charge in [-0.25, -0.2) is 13.4 Å². The number of aromatic nitrogens is 1. The van der Waals surface area contributed by atoms with Crippen LogP contribution in [0.1, 0.15) is 30.9 Å². The number of benzene rings is 1. The number of carbonyl (C=O) groups excluding carboxylic acids is 1. The highest BCUT2D eigenvalue weighted by Crippen LogP contribution is 2.25. The monoisotopic (exact) mass is 407 g/mol. The average molecular weight is 408 g/mol. The van der Waals surface area contributed by atoms with Gasteiger partial charge in [-0.3, -0.25) is 4.79 Å². The summed E-state index contributed by atoms with van der Waals surface area (Å²) in [4.78, 5) is 18.5. The Hall–Kier alpha value is -2.19. The maximum atomic E-state index is 12.4. The molecule has 1 heterocycles. The summed E-state index contributed by atoms with van der Waals surface area (Å²) in [5.41, 5.74) is 2.16. The van der Waals surface area contributed by atoms with E-state index in [0.717, 1.165) is 24.2 Å². The van der Waals surface area contributed by atoms with E-state index < -0.39 is 21.5 Å². The van der Waals surface area contributed by atoms with Gasteiger partial charge in [0.05, 0.1) is 11.4 Å². The van der Waals surface area contributed by atoms with E-state index in [9.17, 15) is 13.2 Å². The van der Waals surface area contributed by atoms with Crippen LogP contribution >= 0.6 is 0 Å². The number of nitrogens with one attached hydrogen (secondary N) is 1. The Morgan fingerprint density at radius 3 is 2.50 bits per heavy atom. The number of hydrogen-bond donors (Lipinski definition) is 1. The zero-order valence-electron chi connectivity index (χ0n) is 17.0. The van der Waals surface area contributed by atoms with Gasteiger partial charge in [0.2, 0.25) is 11.8 Å². The van der Waals surface area contributed by atoms with Crippen LogP contribution in [0.15, 0.2) is 28.7 Å². The molecule has 8 heteroatoms. The first-order valence-electron chi connectivity index (χ1n) is 9.47. The lowest BCUT2D eigenvalue weighted by Gasteiger charge is -2.17. The summed E-state index contributed by atoms with van der Waals surface area (Å²) in [6.45, 7) is 10.6. The smallest absolute Gasteiger partial charge is 0.235 e. The van der Waals surface area contributed by atoms with Crippen molar-refractivity contribution < 1.29 is 17.6 Å². The molecule has 0 spiro atoms. The van der Waals surface area contributed by atoms with E-state index >= 15 is 0 Å². The molecule has 0 aliphatic rings. The van der Waals surface area contributed by atoms with Crippen molar-refractivity contribution in [2.75, 3.05) is 31.9 Å². The Balaban J connectivity index is 1.99. The fraction of sp³-hybridized carbons (Fsp3) is 0.500. The van der Waals surface area contributed by atoms with Crippen LogP contribution in [0.25, 0.3) is 11.5 Å². The van der Waals surface area contributed by atoms with Gasteiger partial charge in [0.25, 0.3) is 0 Å². The number of likely N-dealkylation sites (N-methyl/N-ethyl adjacent to an activating group) is 1. The first kappa shape index (κ1) is 22.1. The Morgan fingerprint density at radius 1 is 1.18 bits per heavy atom. The molecule has 0 aliphatic heterocycles. The average Bonchev–Trinajstić information content (AvgIpc) is 2.98. The van der Waals surface area contributed by atoms with E-state index in [4.69, 9.17) is 4.42 Å². The number of sulfone groups is 1. The zero-order chi connectivity index (χ0) is 20.7. The van der Waals surface area contributed by atoms with Crippen molar-refractivity contribution in [2.24, 2.45) is 0 Å². The second-order valence-electron chi connectivity index (χ2n) is 6.75. The fourth-order valence-corrected chi connectivity index (χ4v) is 4.18. The maximum Gasteiger partial charge on any atom is 0.235 e. The van der Waals surface area contributed by atoms with Gasteiger partial charge in [0.15, 0.2) is 9.84 Å². The largest absolute Gasteiger partial charge is 0.441 e. The summed E-state index contributed by atoms with van der Waals surface area (Å²) in [6, 6.07) is 7.61. The molecule has 1 N–H and O–H groups in total. The van der Waals surface area contributed by atoms with Gasteiger partial charge in [0.1, 0.15) is 11.5 Å². The maximum absolute atomic E-state index is 12.4. The summed E-state index contributed by atoms with van der Waals surface area (Å²) >= 11 is 0. The van der Waals surface area contributed by atoms with Crippen LogP contribution in [0.2, 0.25) is 0 Å². The summed E-state index contributed by atoms with van der Waals surface area (Å²) in [5.74, 6) is -0.532. The van der Waals surface area contributed by atoms with Gasteiger partial charge in [-0.1, -0.05) is 32.0 Å². The number of oxazole rings is 1. The van der Waals surface area contributed by atoms with Crippen molar-refractivity contribution in [3.05, 3.63) is 41.3 Å². The van der Waals surface area contributed by atoms with Gasteiger partial charge in [0, 0.05) is 18.7 Å². The molecule has 0 radical (unpaired) electrons. The molecule has 0 atom stereocenters. The van der Waals surface area contributed by atoms with Crippen LogP contribution in [-0.4, -0.2) is 56.1 Å². The number of amides is 1. The molecular formula is C20H29N3O4S. The predicted molar refractivity (Wildman–Crippen MR) is 110 cm³/mol. The van der Waals surface area contributed by atoms with Gasteiger partial charge < -0.3 is 14.6 Å². The summed E-state index contributed by atoms with van der Waals surface area (Å²) in [5, 5.41) is 2.67. The number of hydrogen-bond acceptors (Lipinski definition) is 6. The Kier molecular flexibility index (Phi) is 7.77. The van der Waals surface area contributed by atoms with Gasteiger partial charge in [-0.2, -0.15) is 0 Å².